The molecule has 0 saturated heterocycles. The topological polar surface area (TPSA) is 30.5 Å². The highest BCUT2D eigenvalue weighted by Crippen LogP contribution is 2.41. The Kier molecular flexibility index (Phi) is 5.02. The predicted molar refractivity (Wildman–Crippen MR) is 85.3 cm³/mol. The lowest BCUT2D eigenvalue weighted by molar-refractivity contribution is 0.293. The van der Waals surface area contributed by atoms with Crippen molar-refractivity contribution in [3.05, 3.63) is 23.8 Å². The van der Waals surface area contributed by atoms with Crippen molar-refractivity contribution in [3.63, 3.8) is 0 Å². The first-order chi connectivity index (χ1) is 10.4. The maximum Gasteiger partial charge on any atom is 0.161 e. The third-order valence-corrected chi connectivity index (χ3v) is 4.77. The van der Waals surface area contributed by atoms with Crippen molar-refractivity contribution in [3.8, 4) is 11.5 Å². The van der Waals surface area contributed by atoms with Crippen molar-refractivity contribution >= 4 is 0 Å². The maximum atomic E-state index is 5.86. The molecule has 0 radical (unpaired) electrons. The van der Waals surface area contributed by atoms with Gasteiger partial charge in [-0.05, 0) is 55.5 Å². The Balaban J connectivity index is 1.79. The first-order valence-electron chi connectivity index (χ1n) is 8.48. The highest BCUT2D eigenvalue weighted by Gasteiger charge is 2.27. The molecule has 2 unspecified atom stereocenters. The van der Waals surface area contributed by atoms with E-state index in [0.717, 1.165) is 50.1 Å². The van der Waals surface area contributed by atoms with E-state index in [9.17, 15) is 0 Å². The van der Waals surface area contributed by atoms with E-state index < -0.39 is 0 Å². The van der Waals surface area contributed by atoms with Gasteiger partial charge in [-0.2, -0.15) is 0 Å². The number of ether oxygens (including phenoxy) is 2. The van der Waals surface area contributed by atoms with Crippen LogP contribution in [-0.4, -0.2) is 26.3 Å². The third kappa shape index (κ3) is 3.52. The van der Waals surface area contributed by atoms with E-state index in [-0.39, 0.29) is 0 Å². The van der Waals surface area contributed by atoms with Crippen LogP contribution in [0.25, 0.3) is 0 Å². The molecule has 0 spiro atoms. The van der Waals surface area contributed by atoms with E-state index in [1.807, 2.05) is 0 Å². The van der Waals surface area contributed by atoms with Gasteiger partial charge >= 0.3 is 0 Å². The van der Waals surface area contributed by atoms with Crippen LogP contribution in [0.3, 0.4) is 0 Å². The smallest absolute Gasteiger partial charge is 0.161 e. The minimum Gasteiger partial charge on any atom is -0.490 e. The average Bonchev–Trinajstić information content (AvgIpc) is 2.77. The zero-order valence-corrected chi connectivity index (χ0v) is 13.1. The molecule has 116 valence electrons. The lowest BCUT2D eigenvalue weighted by atomic mass is 9.75. The fraction of sp³-hybridized carbons (Fsp3) is 0.667. The molecular formula is C18H27NO2. The number of benzene rings is 1. The highest BCUT2D eigenvalue weighted by atomic mass is 16.5. The molecule has 1 aliphatic carbocycles. The van der Waals surface area contributed by atoms with Crippen LogP contribution in [0.15, 0.2) is 18.2 Å². The maximum absolute atomic E-state index is 5.86. The number of hydrogen-bond acceptors (Lipinski definition) is 3. The van der Waals surface area contributed by atoms with E-state index in [0.29, 0.717) is 5.92 Å². The van der Waals surface area contributed by atoms with Crippen molar-refractivity contribution in [2.75, 3.05) is 26.3 Å². The molecule has 1 heterocycles. The molecule has 21 heavy (non-hydrogen) atoms. The molecule has 1 aromatic rings. The molecule has 1 fully saturated rings. The summed E-state index contributed by atoms with van der Waals surface area (Å²) in [6.07, 6.45) is 6.33. The standard InChI is InChI=1S/C18H27NO2/c1-2-19-13-15-6-3-4-7-16(15)14-8-9-17-18(12-14)21-11-5-10-20-17/h8-9,12,15-16,19H,2-7,10-11,13H2,1H3. The Bertz CT molecular complexity index is 461. The molecule has 1 aromatic carbocycles. The summed E-state index contributed by atoms with van der Waals surface area (Å²) in [6, 6.07) is 6.59. The Morgan fingerprint density at radius 3 is 2.71 bits per heavy atom. The van der Waals surface area contributed by atoms with Crippen LogP contribution < -0.4 is 14.8 Å². The van der Waals surface area contributed by atoms with E-state index in [1.165, 1.54) is 31.2 Å². The molecule has 0 amide bonds. The molecule has 1 N–H and O–H groups in total. The van der Waals surface area contributed by atoms with Gasteiger partial charge in [0.2, 0.25) is 0 Å². The zero-order chi connectivity index (χ0) is 14.5. The van der Waals surface area contributed by atoms with Gasteiger partial charge < -0.3 is 14.8 Å². The second kappa shape index (κ2) is 7.17. The molecular weight excluding hydrogens is 262 g/mol. The summed E-state index contributed by atoms with van der Waals surface area (Å²) in [5.41, 5.74) is 1.43. The van der Waals surface area contributed by atoms with Crippen LogP contribution in [0.4, 0.5) is 0 Å². The molecule has 3 heteroatoms. The van der Waals surface area contributed by atoms with E-state index >= 15 is 0 Å². The van der Waals surface area contributed by atoms with Gasteiger partial charge in [-0.1, -0.05) is 25.8 Å². The van der Waals surface area contributed by atoms with Crippen molar-refractivity contribution in [2.45, 2.75) is 44.9 Å². The summed E-state index contributed by atoms with van der Waals surface area (Å²) in [7, 11) is 0. The molecule has 2 atom stereocenters. The summed E-state index contributed by atoms with van der Waals surface area (Å²) in [5, 5.41) is 3.53. The van der Waals surface area contributed by atoms with Crippen molar-refractivity contribution in [1.29, 1.82) is 0 Å². The van der Waals surface area contributed by atoms with Crippen molar-refractivity contribution in [1.82, 2.24) is 5.32 Å². The molecule has 2 aliphatic rings. The molecule has 0 bridgehead atoms. The minimum absolute atomic E-state index is 0.662. The van der Waals surface area contributed by atoms with E-state index in [1.54, 1.807) is 0 Å². The molecule has 3 rings (SSSR count). The van der Waals surface area contributed by atoms with Crippen LogP contribution in [0, 0.1) is 5.92 Å². The van der Waals surface area contributed by atoms with E-state index in [4.69, 9.17) is 9.47 Å². The number of hydrogen-bond donors (Lipinski definition) is 1. The Labute approximate surface area is 128 Å². The summed E-state index contributed by atoms with van der Waals surface area (Å²) in [4.78, 5) is 0. The molecule has 3 nitrogen and oxygen atoms in total. The molecule has 1 aliphatic heterocycles. The monoisotopic (exact) mass is 289 g/mol. The second-order valence-electron chi connectivity index (χ2n) is 6.22. The Morgan fingerprint density at radius 2 is 1.86 bits per heavy atom. The van der Waals surface area contributed by atoms with Crippen LogP contribution in [-0.2, 0) is 0 Å². The number of nitrogens with one attached hydrogen (secondary N) is 1. The van der Waals surface area contributed by atoms with Gasteiger partial charge in [0.25, 0.3) is 0 Å². The van der Waals surface area contributed by atoms with Crippen molar-refractivity contribution < 1.29 is 9.47 Å². The fourth-order valence-electron chi connectivity index (χ4n) is 3.63. The average molecular weight is 289 g/mol. The number of fused-ring (bicyclic) bond motifs is 1. The lowest BCUT2D eigenvalue weighted by Crippen LogP contribution is -2.29. The third-order valence-electron chi connectivity index (χ3n) is 4.77. The van der Waals surface area contributed by atoms with Crippen LogP contribution in [0.2, 0.25) is 0 Å². The van der Waals surface area contributed by atoms with Gasteiger partial charge in [0, 0.05) is 6.42 Å². The van der Waals surface area contributed by atoms with Gasteiger partial charge in [0.15, 0.2) is 11.5 Å². The zero-order valence-electron chi connectivity index (χ0n) is 13.1. The van der Waals surface area contributed by atoms with Gasteiger partial charge in [-0.15, -0.1) is 0 Å². The lowest BCUT2D eigenvalue weighted by Gasteiger charge is -2.32. The first-order valence-corrected chi connectivity index (χ1v) is 8.48. The van der Waals surface area contributed by atoms with E-state index in [2.05, 4.69) is 30.4 Å². The second-order valence-corrected chi connectivity index (χ2v) is 6.22. The van der Waals surface area contributed by atoms with Gasteiger partial charge in [-0.3, -0.25) is 0 Å². The number of rotatable bonds is 4. The Hall–Kier alpha value is -1.22. The normalized spacial score (nSPS) is 25.4. The van der Waals surface area contributed by atoms with Gasteiger partial charge in [-0.25, -0.2) is 0 Å². The van der Waals surface area contributed by atoms with Crippen LogP contribution in [0.1, 0.15) is 50.5 Å². The predicted octanol–water partition coefficient (Wildman–Crippen LogP) is 3.73. The quantitative estimate of drug-likeness (QED) is 0.916. The van der Waals surface area contributed by atoms with Crippen LogP contribution >= 0.6 is 0 Å². The fourth-order valence-corrected chi connectivity index (χ4v) is 3.63. The largest absolute Gasteiger partial charge is 0.490 e. The molecule has 0 aromatic heterocycles. The summed E-state index contributed by atoms with van der Waals surface area (Å²) in [6.45, 7) is 5.91. The van der Waals surface area contributed by atoms with Crippen LogP contribution in [0.5, 0.6) is 11.5 Å². The summed E-state index contributed by atoms with van der Waals surface area (Å²) >= 11 is 0. The van der Waals surface area contributed by atoms with Gasteiger partial charge in [0.1, 0.15) is 0 Å². The summed E-state index contributed by atoms with van der Waals surface area (Å²) < 4.78 is 11.6. The molecule has 1 saturated carbocycles. The minimum atomic E-state index is 0.662. The summed E-state index contributed by atoms with van der Waals surface area (Å²) in [5.74, 6) is 3.27. The van der Waals surface area contributed by atoms with Gasteiger partial charge in [0.05, 0.1) is 13.2 Å². The SMILES string of the molecule is CCNCC1CCCCC1c1ccc2c(c1)OCCCO2. The van der Waals surface area contributed by atoms with Crippen molar-refractivity contribution in [2.24, 2.45) is 5.92 Å². The Morgan fingerprint density at radius 1 is 1.05 bits per heavy atom. The highest BCUT2D eigenvalue weighted by molar-refractivity contribution is 5.44. The first kappa shape index (κ1) is 14.7.